The van der Waals surface area contributed by atoms with Gasteiger partial charge in [0.15, 0.2) is 0 Å². The number of nitrogens with zero attached hydrogens (tertiary/aromatic N) is 1. The molecule has 0 aromatic heterocycles. The van der Waals surface area contributed by atoms with E-state index in [1.54, 1.807) is 0 Å². The van der Waals surface area contributed by atoms with E-state index in [9.17, 15) is 0 Å². The van der Waals surface area contributed by atoms with Gasteiger partial charge in [-0.2, -0.15) is 0 Å². The van der Waals surface area contributed by atoms with Gasteiger partial charge in [-0.15, -0.1) is 0 Å². The van der Waals surface area contributed by atoms with Gasteiger partial charge in [0, 0.05) is 30.3 Å². The van der Waals surface area contributed by atoms with E-state index < -0.39 is 0 Å². The summed E-state index contributed by atoms with van der Waals surface area (Å²) >= 11 is 6.24. The molecular formula is C18H31ClN2. The van der Waals surface area contributed by atoms with E-state index in [4.69, 9.17) is 11.6 Å². The van der Waals surface area contributed by atoms with Crippen molar-refractivity contribution in [2.45, 2.75) is 59.4 Å². The first-order valence-corrected chi connectivity index (χ1v) is 8.84. The number of nitrogens with one attached hydrogen (secondary N) is 1. The van der Waals surface area contributed by atoms with Crippen LogP contribution in [-0.4, -0.2) is 19.6 Å². The van der Waals surface area contributed by atoms with Crippen molar-refractivity contribution in [3.63, 3.8) is 0 Å². The topological polar surface area (TPSA) is 15.3 Å². The number of hydrogen-bond donors (Lipinski definition) is 1. The summed E-state index contributed by atoms with van der Waals surface area (Å²) < 4.78 is 0. The molecule has 0 unspecified atom stereocenters. The van der Waals surface area contributed by atoms with Crippen LogP contribution in [0.2, 0.25) is 5.02 Å². The first-order chi connectivity index (χ1) is 10.2. The lowest BCUT2D eigenvalue weighted by molar-refractivity contribution is 0.656. The molecule has 0 saturated heterocycles. The first kappa shape index (κ1) is 18.3. The van der Waals surface area contributed by atoms with Crippen LogP contribution in [0.4, 0.5) is 5.69 Å². The van der Waals surface area contributed by atoms with Crippen LogP contribution in [0.5, 0.6) is 0 Å². The van der Waals surface area contributed by atoms with Crippen molar-refractivity contribution in [2.24, 2.45) is 0 Å². The Hall–Kier alpha value is -0.730. The number of rotatable bonds is 11. The summed E-state index contributed by atoms with van der Waals surface area (Å²) in [6, 6.07) is 6.31. The van der Waals surface area contributed by atoms with Gasteiger partial charge >= 0.3 is 0 Å². The zero-order valence-corrected chi connectivity index (χ0v) is 14.7. The monoisotopic (exact) mass is 310 g/mol. The van der Waals surface area contributed by atoms with E-state index in [-0.39, 0.29) is 0 Å². The second-order valence-corrected chi connectivity index (χ2v) is 6.08. The Kier molecular flexibility index (Phi) is 9.53. The molecule has 0 heterocycles. The van der Waals surface area contributed by atoms with E-state index >= 15 is 0 Å². The minimum absolute atomic E-state index is 0.835. The summed E-state index contributed by atoms with van der Waals surface area (Å²) in [4.78, 5) is 2.52. The fraction of sp³-hybridized carbons (Fsp3) is 0.667. The van der Waals surface area contributed by atoms with Crippen molar-refractivity contribution < 1.29 is 0 Å². The molecule has 0 radical (unpaired) electrons. The van der Waals surface area contributed by atoms with Crippen molar-refractivity contribution in [3.05, 3.63) is 28.8 Å². The van der Waals surface area contributed by atoms with Crippen LogP contribution in [0.1, 0.15) is 58.4 Å². The van der Waals surface area contributed by atoms with Gasteiger partial charge in [-0.1, -0.05) is 51.3 Å². The van der Waals surface area contributed by atoms with Crippen LogP contribution in [0.15, 0.2) is 18.2 Å². The van der Waals surface area contributed by atoms with Crippen LogP contribution < -0.4 is 10.2 Å². The fourth-order valence-corrected chi connectivity index (χ4v) is 2.60. The van der Waals surface area contributed by atoms with Crippen LogP contribution in [0.25, 0.3) is 0 Å². The van der Waals surface area contributed by atoms with Crippen molar-refractivity contribution in [1.29, 1.82) is 0 Å². The maximum atomic E-state index is 6.24. The molecule has 1 aromatic carbocycles. The van der Waals surface area contributed by atoms with Crippen LogP contribution in [0, 0.1) is 0 Å². The maximum absolute atomic E-state index is 6.24. The highest BCUT2D eigenvalue weighted by Crippen LogP contribution is 2.26. The molecule has 3 heteroatoms. The van der Waals surface area contributed by atoms with E-state index in [2.05, 4.69) is 43.1 Å². The van der Waals surface area contributed by atoms with Gasteiger partial charge in [0.05, 0.1) is 0 Å². The van der Waals surface area contributed by atoms with Crippen molar-refractivity contribution in [3.8, 4) is 0 Å². The molecule has 120 valence electrons. The summed E-state index contributed by atoms with van der Waals surface area (Å²) in [6.45, 7) is 10.9. The Morgan fingerprint density at radius 3 is 2.24 bits per heavy atom. The van der Waals surface area contributed by atoms with Gasteiger partial charge in [0.2, 0.25) is 0 Å². The second-order valence-electron chi connectivity index (χ2n) is 5.64. The molecule has 0 atom stereocenters. The van der Waals surface area contributed by atoms with Gasteiger partial charge in [-0.25, -0.2) is 0 Å². The quantitative estimate of drug-likeness (QED) is 0.562. The molecule has 0 aliphatic carbocycles. The van der Waals surface area contributed by atoms with Gasteiger partial charge in [0.1, 0.15) is 0 Å². The maximum Gasteiger partial charge on any atom is 0.0426 e. The highest BCUT2D eigenvalue weighted by Gasteiger charge is 2.11. The molecule has 0 spiro atoms. The molecule has 1 aromatic rings. The third kappa shape index (κ3) is 6.71. The predicted molar refractivity (Wildman–Crippen MR) is 95.5 cm³/mol. The highest BCUT2D eigenvalue weighted by molar-refractivity contribution is 6.30. The third-order valence-electron chi connectivity index (χ3n) is 3.69. The Labute approximate surface area is 135 Å². The molecule has 0 aliphatic rings. The molecule has 2 nitrogen and oxygen atoms in total. The lowest BCUT2D eigenvalue weighted by Gasteiger charge is -2.27. The van der Waals surface area contributed by atoms with Crippen molar-refractivity contribution in [1.82, 2.24) is 5.32 Å². The second kappa shape index (κ2) is 10.9. The Balaban J connectivity index is 2.88. The Morgan fingerprint density at radius 1 is 1.00 bits per heavy atom. The molecule has 0 amide bonds. The fourth-order valence-electron chi connectivity index (χ4n) is 2.43. The number of hydrogen-bond acceptors (Lipinski definition) is 2. The SMILES string of the molecule is CCCCN(CCCC)c1cc(Cl)ccc1CNCCC. The van der Waals surface area contributed by atoms with Crippen LogP contribution >= 0.6 is 11.6 Å². The number of anilines is 1. The molecule has 0 aliphatic heterocycles. The number of unbranched alkanes of at least 4 members (excludes halogenated alkanes) is 2. The summed E-state index contributed by atoms with van der Waals surface area (Å²) in [6.07, 6.45) is 6.09. The van der Waals surface area contributed by atoms with Gasteiger partial charge in [-0.3, -0.25) is 0 Å². The lowest BCUT2D eigenvalue weighted by atomic mass is 10.1. The molecule has 0 fully saturated rings. The molecule has 21 heavy (non-hydrogen) atoms. The number of halogens is 1. The van der Waals surface area contributed by atoms with E-state index in [1.807, 2.05) is 6.07 Å². The van der Waals surface area contributed by atoms with Gasteiger partial charge in [0.25, 0.3) is 0 Å². The van der Waals surface area contributed by atoms with E-state index in [0.717, 1.165) is 37.6 Å². The normalized spacial score (nSPS) is 10.9. The van der Waals surface area contributed by atoms with Crippen molar-refractivity contribution >= 4 is 17.3 Å². The van der Waals surface area contributed by atoms with Crippen LogP contribution in [0.3, 0.4) is 0 Å². The van der Waals surface area contributed by atoms with Gasteiger partial charge < -0.3 is 10.2 Å². The summed E-state index contributed by atoms with van der Waals surface area (Å²) in [5.41, 5.74) is 2.67. The smallest absolute Gasteiger partial charge is 0.0426 e. The molecule has 1 rings (SSSR count). The Morgan fingerprint density at radius 2 is 1.67 bits per heavy atom. The minimum atomic E-state index is 0.835. The molecule has 1 N–H and O–H groups in total. The van der Waals surface area contributed by atoms with Crippen molar-refractivity contribution in [2.75, 3.05) is 24.5 Å². The summed E-state index contributed by atoms with van der Waals surface area (Å²) in [5, 5.41) is 4.34. The number of benzene rings is 1. The largest absolute Gasteiger partial charge is 0.371 e. The summed E-state index contributed by atoms with van der Waals surface area (Å²) in [5.74, 6) is 0. The predicted octanol–water partition coefficient (Wildman–Crippen LogP) is 5.25. The molecule has 0 saturated carbocycles. The zero-order valence-electron chi connectivity index (χ0n) is 13.9. The Bertz CT molecular complexity index is 385. The third-order valence-corrected chi connectivity index (χ3v) is 3.93. The van der Waals surface area contributed by atoms with E-state index in [0.29, 0.717) is 0 Å². The standard InChI is InChI=1S/C18H31ClN2/c1-4-7-12-21(13-8-5-2)18-14-17(19)10-9-16(18)15-20-11-6-3/h9-10,14,20H,4-8,11-13,15H2,1-3H3. The zero-order chi connectivity index (χ0) is 15.5. The van der Waals surface area contributed by atoms with E-state index in [1.165, 1.54) is 36.9 Å². The minimum Gasteiger partial charge on any atom is -0.371 e. The average molecular weight is 311 g/mol. The average Bonchev–Trinajstić information content (AvgIpc) is 2.49. The highest BCUT2D eigenvalue weighted by atomic mass is 35.5. The first-order valence-electron chi connectivity index (χ1n) is 8.47. The van der Waals surface area contributed by atoms with Crippen LogP contribution in [-0.2, 0) is 6.54 Å². The summed E-state index contributed by atoms with van der Waals surface area (Å²) in [7, 11) is 0. The molecule has 0 bridgehead atoms. The van der Waals surface area contributed by atoms with Gasteiger partial charge in [-0.05, 0) is 43.5 Å². The molecular weight excluding hydrogens is 280 g/mol. The lowest BCUT2D eigenvalue weighted by Crippen LogP contribution is -2.27.